The Morgan fingerprint density at radius 3 is 2.89 bits per heavy atom. The number of rotatable bonds is 2. The summed E-state index contributed by atoms with van der Waals surface area (Å²) >= 11 is 0. The van der Waals surface area contributed by atoms with Gasteiger partial charge in [-0.25, -0.2) is 4.79 Å². The minimum atomic E-state index is -1.12. The lowest BCUT2D eigenvalue weighted by Crippen LogP contribution is -1.91. The van der Waals surface area contributed by atoms with Crippen molar-refractivity contribution in [2.45, 2.75) is 6.92 Å². The van der Waals surface area contributed by atoms with E-state index in [9.17, 15) is 4.79 Å². The number of carboxylic acids is 1. The Morgan fingerprint density at radius 2 is 2.21 bits per heavy atom. The Bertz CT molecular complexity index is 783. The van der Waals surface area contributed by atoms with Crippen LogP contribution in [-0.2, 0) is 7.05 Å². The summed E-state index contributed by atoms with van der Waals surface area (Å²) in [4.78, 5) is 10.8. The second-order valence-electron chi connectivity index (χ2n) is 4.51. The summed E-state index contributed by atoms with van der Waals surface area (Å²) in [7, 11) is 1.96. The van der Waals surface area contributed by atoms with Crippen LogP contribution in [0.3, 0.4) is 0 Å². The first-order valence-electron chi connectivity index (χ1n) is 5.83. The summed E-state index contributed by atoms with van der Waals surface area (Å²) in [6, 6.07) is 7.45. The van der Waals surface area contributed by atoms with Gasteiger partial charge in [-0.2, -0.15) is 0 Å². The number of aromatic carboxylic acids is 1. The van der Waals surface area contributed by atoms with Gasteiger partial charge in [-0.1, -0.05) is 23.4 Å². The fourth-order valence-corrected chi connectivity index (χ4v) is 2.38. The van der Waals surface area contributed by atoms with Crippen LogP contribution in [0, 0.1) is 6.92 Å². The van der Waals surface area contributed by atoms with Gasteiger partial charge in [0.15, 0.2) is 0 Å². The van der Waals surface area contributed by atoms with Gasteiger partial charge in [0, 0.05) is 30.3 Å². The first-order chi connectivity index (χ1) is 9.08. The molecule has 5 heteroatoms. The van der Waals surface area contributed by atoms with Crippen molar-refractivity contribution in [3.05, 3.63) is 41.8 Å². The average Bonchev–Trinajstić information content (AvgIpc) is 2.95. The number of benzene rings is 1. The molecule has 0 aliphatic heterocycles. The normalized spacial score (nSPS) is 11.1. The maximum absolute atomic E-state index is 10.8. The van der Waals surface area contributed by atoms with Crippen LogP contribution in [0.5, 0.6) is 0 Å². The fourth-order valence-electron chi connectivity index (χ4n) is 2.38. The summed E-state index contributed by atoms with van der Waals surface area (Å²) < 4.78 is 6.82. The second kappa shape index (κ2) is 3.98. The van der Waals surface area contributed by atoms with Crippen LogP contribution in [-0.4, -0.2) is 20.8 Å². The summed E-state index contributed by atoms with van der Waals surface area (Å²) in [5, 5.41) is 13.7. The number of carbonyl (C=O) groups is 1. The molecule has 3 aromatic rings. The van der Waals surface area contributed by atoms with Crippen molar-refractivity contribution in [3.8, 4) is 11.3 Å². The van der Waals surface area contributed by atoms with Gasteiger partial charge in [0.1, 0.15) is 5.69 Å². The molecule has 2 aromatic heterocycles. The Kier molecular flexibility index (Phi) is 2.41. The molecule has 0 aliphatic carbocycles. The zero-order valence-electron chi connectivity index (χ0n) is 10.5. The summed E-state index contributed by atoms with van der Waals surface area (Å²) in [5.41, 5.74) is 3.68. The highest BCUT2D eigenvalue weighted by Gasteiger charge is 2.16. The molecule has 0 fully saturated rings. The third-order valence-electron chi connectivity index (χ3n) is 3.20. The van der Waals surface area contributed by atoms with Crippen LogP contribution in [0.25, 0.3) is 22.2 Å². The quantitative estimate of drug-likeness (QED) is 0.765. The highest BCUT2D eigenvalue weighted by atomic mass is 16.5. The first kappa shape index (κ1) is 11.5. The van der Waals surface area contributed by atoms with E-state index in [2.05, 4.69) is 5.16 Å². The zero-order valence-corrected chi connectivity index (χ0v) is 10.5. The van der Waals surface area contributed by atoms with Crippen molar-refractivity contribution in [1.29, 1.82) is 0 Å². The molecular weight excluding hydrogens is 244 g/mol. The van der Waals surface area contributed by atoms with Gasteiger partial charge >= 0.3 is 5.97 Å². The lowest BCUT2D eigenvalue weighted by Gasteiger charge is -1.99. The number of aryl methyl sites for hydroxylation is 2. The maximum atomic E-state index is 10.8. The molecule has 96 valence electrons. The van der Waals surface area contributed by atoms with Crippen LogP contribution >= 0.6 is 0 Å². The van der Waals surface area contributed by atoms with Gasteiger partial charge in [0.2, 0.25) is 5.76 Å². The van der Waals surface area contributed by atoms with Crippen molar-refractivity contribution < 1.29 is 14.4 Å². The molecule has 0 saturated carbocycles. The molecule has 19 heavy (non-hydrogen) atoms. The minimum absolute atomic E-state index is 0.153. The zero-order chi connectivity index (χ0) is 13.6. The van der Waals surface area contributed by atoms with Crippen LogP contribution < -0.4 is 0 Å². The van der Waals surface area contributed by atoms with E-state index in [0.717, 1.165) is 22.0 Å². The van der Waals surface area contributed by atoms with Crippen molar-refractivity contribution in [3.63, 3.8) is 0 Å². The van der Waals surface area contributed by atoms with E-state index in [0.29, 0.717) is 5.69 Å². The number of carboxylic acid groups (broad SMARTS) is 1. The molecular formula is C14H12N2O3. The summed E-state index contributed by atoms with van der Waals surface area (Å²) in [5.74, 6) is -1.27. The Hall–Kier alpha value is -2.56. The van der Waals surface area contributed by atoms with Crippen molar-refractivity contribution in [1.82, 2.24) is 9.72 Å². The molecule has 0 aliphatic rings. The number of nitrogens with zero attached hydrogens (tertiary/aromatic N) is 2. The number of hydrogen-bond acceptors (Lipinski definition) is 3. The van der Waals surface area contributed by atoms with Crippen molar-refractivity contribution in [2.75, 3.05) is 0 Å². The molecule has 0 radical (unpaired) electrons. The first-order valence-corrected chi connectivity index (χ1v) is 5.83. The lowest BCUT2D eigenvalue weighted by molar-refractivity contribution is 0.0652. The highest BCUT2D eigenvalue weighted by molar-refractivity contribution is 5.97. The SMILES string of the molecule is Cc1cccc2c(-c3cc(C(=O)O)on3)cn(C)c12. The maximum Gasteiger partial charge on any atom is 0.374 e. The van der Waals surface area contributed by atoms with Gasteiger partial charge < -0.3 is 14.2 Å². The fraction of sp³-hybridized carbons (Fsp3) is 0.143. The average molecular weight is 256 g/mol. The molecule has 2 heterocycles. The monoisotopic (exact) mass is 256 g/mol. The Morgan fingerprint density at radius 1 is 1.42 bits per heavy atom. The lowest BCUT2D eigenvalue weighted by atomic mass is 10.1. The molecule has 5 nitrogen and oxygen atoms in total. The van der Waals surface area contributed by atoms with Crippen LogP contribution in [0.1, 0.15) is 16.1 Å². The van der Waals surface area contributed by atoms with Gasteiger partial charge in [0.05, 0.1) is 5.52 Å². The van der Waals surface area contributed by atoms with E-state index >= 15 is 0 Å². The van der Waals surface area contributed by atoms with E-state index in [4.69, 9.17) is 9.63 Å². The van der Waals surface area contributed by atoms with Crippen LogP contribution in [0.4, 0.5) is 0 Å². The van der Waals surface area contributed by atoms with E-state index in [1.165, 1.54) is 6.07 Å². The predicted octanol–water partition coefficient (Wildman–Crippen LogP) is 2.84. The van der Waals surface area contributed by atoms with Crippen LogP contribution in [0.2, 0.25) is 0 Å². The summed E-state index contributed by atoms with van der Waals surface area (Å²) in [6.07, 6.45) is 1.93. The molecule has 3 rings (SSSR count). The minimum Gasteiger partial charge on any atom is -0.475 e. The van der Waals surface area contributed by atoms with Gasteiger partial charge in [0.25, 0.3) is 0 Å². The van der Waals surface area contributed by atoms with Crippen molar-refractivity contribution in [2.24, 2.45) is 7.05 Å². The second-order valence-corrected chi connectivity index (χ2v) is 4.51. The van der Waals surface area contributed by atoms with E-state index in [-0.39, 0.29) is 5.76 Å². The molecule has 0 spiro atoms. The predicted molar refractivity (Wildman–Crippen MR) is 70.1 cm³/mol. The Balaban J connectivity index is 2.25. The van der Waals surface area contributed by atoms with Crippen LogP contribution in [0.15, 0.2) is 35.0 Å². The standard InChI is InChI=1S/C14H12N2O3/c1-8-4-3-5-9-10(7-16(2)13(8)9)11-6-12(14(17)18)19-15-11/h3-7H,1-2H3,(H,17,18). The van der Waals surface area contributed by atoms with Gasteiger partial charge in [-0.3, -0.25) is 0 Å². The van der Waals surface area contributed by atoms with Gasteiger partial charge in [-0.15, -0.1) is 0 Å². The molecule has 0 atom stereocenters. The number of fused-ring (bicyclic) bond motifs is 1. The molecule has 0 bridgehead atoms. The smallest absolute Gasteiger partial charge is 0.374 e. The molecule has 1 aromatic carbocycles. The topological polar surface area (TPSA) is 68.3 Å². The third kappa shape index (κ3) is 1.71. The number of hydrogen-bond donors (Lipinski definition) is 1. The third-order valence-corrected chi connectivity index (χ3v) is 3.20. The molecule has 0 unspecified atom stereocenters. The number of aromatic nitrogens is 2. The largest absolute Gasteiger partial charge is 0.475 e. The van der Waals surface area contributed by atoms with Crippen molar-refractivity contribution >= 4 is 16.9 Å². The highest BCUT2D eigenvalue weighted by Crippen LogP contribution is 2.31. The number of para-hydroxylation sites is 1. The van der Waals surface area contributed by atoms with E-state index in [1.54, 1.807) is 0 Å². The van der Waals surface area contributed by atoms with E-state index < -0.39 is 5.97 Å². The molecule has 1 N–H and O–H groups in total. The van der Waals surface area contributed by atoms with E-state index in [1.807, 2.05) is 42.9 Å². The molecule has 0 amide bonds. The summed E-state index contributed by atoms with van der Waals surface area (Å²) in [6.45, 7) is 2.04. The van der Waals surface area contributed by atoms with Gasteiger partial charge in [-0.05, 0) is 12.5 Å². The Labute approximate surface area is 109 Å². The molecule has 0 saturated heterocycles.